The van der Waals surface area contributed by atoms with E-state index in [1.165, 1.54) is 0 Å². The largest absolute Gasteiger partial charge is 0.481 e. The fourth-order valence-electron chi connectivity index (χ4n) is 2.06. The summed E-state index contributed by atoms with van der Waals surface area (Å²) in [5, 5.41) is 39.2. The van der Waals surface area contributed by atoms with Crippen molar-refractivity contribution in [3.63, 3.8) is 0 Å². The molecule has 0 heterocycles. The summed E-state index contributed by atoms with van der Waals surface area (Å²) in [6.07, 6.45) is -4.03. The van der Waals surface area contributed by atoms with E-state index in [0.717, 1.165) is 0 Å². The summed E-state index contributed by atoms with van der Waals surface area (Å²) in [5.41, 5.74) is -1.08. The lowest BCUT2D eigenvalue weighted by atomic mass is 9.71. The molecule has 0 aromatic rings. The monoisotopic (exact) mass is 276 g/mol. The van der Waals surface area contributed by atoms with E-state index in [9.17, 15) is 20.1 Å². The number of aliphatic carboxylic acids is 1. The molecule has 0 saturated carbocycles. The molecule has 4 atom stereocenters. The Labute approximate surface area is 115 Å². The predicted molar refractivity (Wildman–Crippen MR) is 72.7 cm³/mol. The van der Waals surface area contributed by atoms with Crippen molar-refractivity contribution in [2.24, 2.45) is 16.7 Å². The molecular formula is C14H28O5. The number of carboxylic acid groups (broad SMARTS) is 1. The number of carbonyl (C=O) groups is 1. The second kappa shape index (κ2) is 6.20. The average molecular weight is 276 g/mol. The Morgan fingerprint density at radius 2 is 1.32 bits per heavy atom. The van der Waals surface area contributed by atoms with Gasteiger partial charge in [-0.2, -0.15) is 0 Å². The third-order valence-corrected chi connectivity index (χ3v) is 3.48. The lowest BCUT2D eigenvalue weighted by Gasteiger charge is -2.39. The van der Waals surface area contributed by atoms with Gasteiger partial charge in [-0.05, 0) is 10.8 Å². The Kier molecular flexibility index (Phi) is 5.99. The summed E-state index contributed by atoms with van der Waals surface area (Å²) in [7, 11) is 0. The van der Waals surface area contributed by atoms with Crippen LogP contribution in [0, 0.1) is 16.7 Å². The van der Waals surface area contributed by atoms with E-state index >= 15 is 0 Å². The molecule has 1 unspecified atom stereocenters. The smallest absolute Gasteiger partial charge is 0.303 e. The summed E-state index contributed by atoms with van der Waals surface area (Å²) in [5.74, 6) is -1.67. The van der Waals surface area contributed by atoms with Crippen molar-refractivity contribution in [1.82, 2.24) is 0 Å². The van der Waals surface area contributed by atoms with Gasteiger partial charge >= 0.3 is 5.97 Å². The van der Waals surface area contributed by atoms with Gasteiger partial charge in [0.25, 0.3) is 0 Å². The van der Waals surface area contributed by atoms with Gasteiger partial charge in [-0.1, -0.05) is 41.5 Å². The molecule has 0 aromatic heterocycles. The first-order valence-electron chi connectivity index (χ1n) is 6.54. The molecule has 19 heavy (non-hydrogen) atoms. The lowest BCUT2D eigenvalue weighted by Crippen LogP contribution is -2.50. The maximum atomic E-state index is 10.9. The molecule has 0 aliphatic carbocycles. The molecule has 4 N–H and O–H groups in total. The zero-order valence-corrected chi connectivity index (χ0v) is 12.7. The molecule has 0 amide bonds. The predicted octanol–water partition coefficient (Wildman–Crippen LogP) is 1.25. The number of carboxylic acids is 1. The summed E-state index contributed by atoms with van der Waals surface area (Å²) >= 11 is 0. The van der Waals surface area contributed by atoms with Crippen LogP contribution in [-0.2, 0) is 4.79 Å². The average Bonchev–Trinajstić information content (AvgIpc) is 2.19. The van der Waals surface area contributed by atoms with Gasteiger partial charge < -0.3 is 20.4 Å². The fraction of sp³-hybridized carbons (Fsp3) is 0.929. The molecule has 0 saturated heterocycles. The summed E-state index contributed by atoms with van der Waals surface area (Å²) in [6.45, 7) is 10.7. The number of hydrogen-bond acceptors (Lipinski definition) is 4. The number of hydrogen-bond donors (Lipinski definition) is 4. The number of aliphatic hydroxyl groups is 3. The van der Waals surface area contributed by atoms with Crippen LogP contribution in [0.4, 0.5) is 0 Å². The molecule has 0 fully saturated rings. The van der Waals surface area contributed by atoms with Gasteiger partial charge in [-0.15, -0.1) is 0 Å². The van der Waals surface area contributed by atoms with E-state index in [1.807, 2.05) is 0 Å². The Hall–Kier alpha value is -0.650. The van der Waals surface area contributed by atoms with Crippen LogP contribution >= 0.6 is 0 Å². The van der Waals surface area contributed by atoms with Gasteiger partial charge in [0.05, 0.1) is 18.6 Å². The lowest BCUT2D eigenvalue weighted by molar-refractivity contribution is -0.149. The van der Waals surface area contributed by atoms with Crippen molar-refractivity contribution in [1.29, 1.82) is 0 Å². The van der Waals surface area contributed by atoms with Gasteiger partial charge in [0.1, 0.15) is 6.10 Å². The maximum absolute atomic E-state index is 10.9. The highest BCUT2D eigenvalue weighted by Crippen LogP contribution is 2.35. The molecule has 0 aromatic carbocycles. The van der Waals surface area contributed by atoms with Gasteiger partial charge in [-0.3, -0.25) is 4.79 Å². The van der Waals surface area contributed by atoms with E-state index in [2.05, 4.69) is 0 Å². The van der Waals surface area contributed by atoms with Gasteiger partial charge in [0, 0.05) is 5.92 Å². The van der Waals surface area contributed by atoms with Crippen LogP contribution in [0.15, 0.2) is 0 Å². The first-order chi connectivity index (χ1) is 8.28. The van der Waals surface area contributed by atoms with Gasteiger partial charge in [0.15, 0.2) is 0 Å². The van der Waals surface area contributed by atoms with Crippen molar-refractivity contribution in [2.75, 3.05) is 0 Å². The third kappa shape index (κ3) is 5.47. The quantitative estimate of drug-likeness (QED) is 0.606. The van der Waals surface area contributed by atoms with Crippen LogP contribution in [-0.4, -0.2) is 44.7 Å². The summed E-state index contributed by atoms with van der Waals surface area (Å²) in [4.78, 5) is 10.9. The Balaban J connectivity index is 5.10. The third-order valence-electron chi connectivity index (χ3n) is 3.48. The van der Waals surface area contributed by atoms with Crippen molar-refractivity contribution in [2.45, 2.75) is 66.3 Å². The Morgan fingerprint density at radius 1 is 0.895 bits per heavy atom. The highest BCUT2D eigenvalue weighted by Gasteiger charge is 2.41. The maximum Gasteiger partial charge on any atom is 0.303 e. The van der Waals surface area contributed by atoms with Crippen LogP contribution < -0.4 is 0 Å². The standard InChI is InChI=1S/C14H28O5/c1-13(2,3)8(7-9(15)16)10(17)11(18)12(19)14(4,5)6/h8,10-12,17-19H,7H2,1-6H3,(H,15,16)/t8-,10-,11?,12-/m1/s1. The highest BCUT2D eigenvalue weighted by atomic mass is 16.4. The zero-order chi connectivity index (χ0) is 15.6. The molecule has 114 valence electrons. The second-order valence-corrected chi connectivity index (χ2v) is 7.36. The second-order valence-electron chi connectivity index (χ2n) is 7.36. The van der Waals surface area contributed by atoms with E-state index in [1.54, 1.807) is 41.5 Å². The van der Waals surface area contributed by atoms with E-state index in [-0.39, 0.29) is 6.42 Å². The normalized spacial score (nSPS) is 19.6. The van der Waals surface area contributed by atoms with Crippen LogP contribution in [0.1, 0.15) is 48.0 Å². The van der Waals surface area contributed by atoms with Gasteiger partial charge in [-0.25, -0.2) is 0 Å². The molecule has 5 nitrogen and oxygen atoms in total. The fourth-order valence-corrected chi connectivity index (χ4v) is 2.06. The first-order valence-corrected chi connectivity index (χ1v) is 6.54. The summed E-state index contributed by atoms with van der Waals surface area (Å²) in [6, 6.07) is 0. The van der Waals surface area contributed by atoms with Crippen LogP contribution in [0.5, 0.6) is 0 Å². The molecule has 0 bridgehead atoms. The van der Waals surface area contributed by atoms with Crippen LogP contribution in [0.25, 0.3) is 0 Å². The molecule has 0 rings (SSSR count). The van der Waals surface area contributed by atoms with Crippen molar-refractivity contribution in [3.8, 4) is 0 Å². The zero-order valence-electron chi connectivity index (χ0n) is 12.7. The van der Waals surface area contributed by atoms with Crippen molar-refractivity contribution >= 4 is 5.97 Å². The van der Waals surface area contributed by atoms with E-state index in [4.69, 9.17) is 5.11 Å². The topological polar surface area (TPSA) is 98.0 Å². The number of aliphatic hydroxyl groups excluding tert-OH is 3. The molecule has 0 spiro atoms. The van der Waals surface area contributed by atoms with Crippen LogP contribution in [0.3, 0.4) is 0 Å². The van der Waals surface area contributed by atoms with Crippen LogP contribution in [0.2, 0.25) is 0 Å². The minimum Gasteiger partial charge on any atom is -0.481 e. The van der Waals surface area contributed by atoms with E-state index in [0.29, 0.717) is 0 Å². The Bertz CT molecular complexity index is 300. The van der Waals surface area contributed by atoms with E-state index < -0.39 is 41.0 Å². The van der Waals surface area contributed by atoms with Crippen molar-refractivity contribution < 1.29 is 25.2 Å². The highest BCUT2D eigenvalue weighted by molar-refractivity contribution is 5.67. The minimum absolute atomic E-state index is 0.251. The first kappa shape index (κ1) is 18.4. The van der Waals surface area contributed by atoms with Crippen molar-refractivity contribution in [3.05, 3.63) is 0 Å². The SMILES string of the molecule is CC(C)(C)[C@H](O)C(O)[C@H](O)[C@@H](CC(=O)O)C(C)(C)C. The van der Waals surface area contributed by atoms with Gasteiger partial charge in [0.2, 0.25) is 0 Å². The number of rotatable bonds is 5. The molecule has 0 aliphatic rings. The molecule has 0 aliphatic heterocycles. The molecule has 5 heteroatoms. The molecule has 0 radical (unpaired) electrons. The minimum atomic E-state index is -1.37. The molecular weight excluding hydrogens is 248 g/mol. The summed E-state index contributed by atoms with van der Waals surface area (Å²) < 4.78 is 0. The Morgan fingerprint density at radius 3 is 1.58 bits per heavy atom.